The zero-order valence-electron chi connectivity index (χ0n) is 16.4. The zero-order chi connectivity index (χ0) is 19.5. The van der Waals surface area contributed by atoms with E-state index in [1.807, 2.05) is 49.6 Å². The van der Waals surface area contributed by atoms with E-state index >= 15 is 0 Å². The molecule has 1 saturated heterocycles. The Bertz CT molecular complexity index is 989. The largest absolute Gasteiger partial charge is 0.497 e. The Morgan fingerprint density at radius 3 is 2.71 bits per heavy atom. The number of benzene rings is 2. The van der Waals surface area contributed by atoms with Crippen LogP contribution in [0.25, 0.3) is 11.0 Å². The summed E-state index contributed by atoms with van der Waals surface area (Å²) in [5, 5.41) is 2.98. The number of amides is 1. The molecule has 1 N–H and O–H groups in total. The smallest absolute Gasteiger partial charge is 0.255 e. The molecule has 1 aliphatic heterocycles. The molecule has 0 spiro atoms. The Morgan fingerprint density at radius 1 is 1.14 bits per heavy atom. The van der Waals surface area contributed by atoms with E-state index < -0.39 is 0 Å². The summed E-state index contributed by atoms with van der Waals surface area (Å²) in [5.41, 5.74) is 4.26. The minimum atomic E-state index is -0.137. The molecule has 3 aromatic rings. The van der Waals surface area contributed by atoms with Crippen molar-refractivity contribution in [2.45, 2.75) is 26.3 Å². The predicted octanol–water partition coefficient (Wildman–Crippen LogP) is 3.70. The van der Waals surface area contributed by atoms with Crippen LogP contribution < -0.4 is 10.1 Å². The topological polar surface area (TPSA) is 59.4 Å². The van der Waals surface area contributed by atoms with Gasteiger partial charge in [-0.25, -0.2) is 4.98 Å². The summed E-state index contributed by atoms with van der Waals surface area (Å²) >= 11 is 0. The molecule has 0 unspecified atom stereocenters. The van der Waals surface area contributed by atoms with E-state index in [-0.39, 0.29) is 5.91 Å². The standard InChI is InChI=1S/C22H26N4O2/c1-16-13-18(28-2)6-7-19(16)24-22(27)17-5-8-21-20(14-17)23-15-26(21)12-11-25-9-3-4-10-25/h5-8,13-15H,3-4,9-12H2,1-2H3,(H,24,27). The van der Waals surface area contributed by atoms with Crippen molar-refractivity contribution >= 4 is 22.6 Å². The number of methoxy groups -OCH3 is 1. The maximum absolute atomic E-state index is 12.7. The van der Waals surface area contributed by atoms with Gasteiger partial charge in [0.1, 0.15) is 5.75 Å². The summed E-state index contributed by atoms with van der Waals surface area (Å²) in [6, 6.07) is 11.3. The lowest BCUT2D eigenvalue weighted by Gasteiger charge is -2.15. The summed E-state index contributed by atoms with van der Waals surface area (Å²) in [7, 11) is 1.63. The van der Waals surface area contributed by atoms with Gasteiger partial charge in [-0.3, -0.25) is 4.79 Å². The second-order valence-electron chi connectivity index (χ2n) is 7.33. The molecule has 0 bridgehead atoms. The molecule has 0 radical (unpaired) electrons. The number of hydrogen-bond acceptors (Lipinski definition) is 4. The van der Waals surface area contributed by atoms with Crippen LogP contribution >= 0.6 is 0 Å². The van der Waals surface area contributed by atoms with Crippen LogP contribution in [0.1, 0.15) is 28.8 Å². The number of nitrogens with one attached hydrogen (secondary N) is 1. The van der Waals surface area contributed by atoms with Crippen LogP contribution in [0.15, 0.2) is 42.7 Å². The van der Waals surface area contributed by atoms with Gasteiger partial charge in [0.05, 0.1) is 24.5 Å². The number of ether oxygens (including phenoxy) is 1. The van der Waals surface area contributed by atoms with E-state index in [0.717, 1.165) is 41.1 Å². The number of fused-ring (bicyclic) bond motifs is 1. The maximum atomic E-state index is 12.7. The van der Waals surface area contributed by atoms with E-state index in [0.29, 0.717) is 5.56 Å². The van der Waals surface area contributed by atoms with Crippen molar-refractivity contribution in [1.82, 2.24) is 14.5 Å². The first kappa shape index (κ1) is 18.5. The van der Waals surface area contributed by atoms with Gasteiger partial charge in [-0.05, 0) is 74.8 Å². The molecule has 1 aliphatic rings. The number of rotatable bonds is 6. The van der Waals surface area contributed by atoms with Gasteiger partial charge in [0.2, 0.25) is 0 Å². The molecule has 1 fully saturated rings. The second kappa shape index (κ2) is 8.02. The third-order valence-electron chi connectivity index (χ3n) is 5.42. The minimum Gasteiger partial charge on any atom is -0.497 e. The van der Waals surface area contributed by atoms with Crippen LogP contribution in [0.2, 0.25) is 0 Å². The van der Waals surface area contributed by atoms with Gasteiger partial charge in [-0.15, -0.1) is 0 Å². The Morgan fingerprint density at radius 2 is 1.96 bits per heavy atom. The fourth-order valence-corrected chi connectivity index (χ4v) is 3.74. The van der Waals surface area contributed by atoms with Gasteiger partial charge in [0, 0.05) is 24.3 Å². The molecule has 2 heterocycles. The molecule has 0 saturated carbocycles. The molecule has 28 heavy (non-hydrogen) atoms. The van der Waals surface area contributed by atoms with E-state index in [4.69, 9.17) is 4.74 Å². The number of carbonyl (C=O) groups is 1. The second-order valence-corrected chi connectivity index (χ2v) is 7.33. The third kappa shape index (κ3) is 3.87. The van der Waals surface area contributed by atoms with Crippen molar-refractivity contribution in [1.29, 1.82) is 0 Å². The Labute approximate surface area is 165 Å². The predicted molar refractivity (Wildman–Crippen MR) is 111 cm³/mol. The molecule has 6 nitrogen and oxygen atoms in total. The highest BCUT2D eigenvalue weighted by atomic mass is 16.5. The van der Waals surface area contributed by atoms with Crippen molar-refractivity contribution < 1.29 is 9.53 Å². The average Bonchev–Trinajstić information content (AvgIpc) is 3.37. The number of nitrogens with zero attached hydrogens (tertiary/aromatic N) is 3. The molecule has 146 valence electrons. The van der Waals surface area contributed by atoms with Gasteiger partial charge in [-0.2, -0.15) is 0 Å². The summed E-state index contributed by atoms with van der Waals surface area (Å²) < 4.78 is 7.39. The highest BCUT2D eigenvalue weighted by Crippen LogP contribution is 2.22. The maximum Gasteiger partial charge on any atom is 0.255 e. The van der Waals surface area contributed by atoms with E-state index in [2.05, 4.69) is 19.8 Å². The molecule has 4 rings (SSSR count). The number of aromatic nitrogens is 2. The van der Waals surface area contributed by atoms with Gasteiger partial charge in [0.25, 0.3) is 5.91 Å². The van der Waals surface area contributed by atoms with Crippen LogP contribution in [0.3, 0.4) is 0 Å². The molecular formula is C22H26N4O2. The fraction of sp³-hybridized carbons (Fsp3) is 0.364. The number of likely N-dealkylation sites (tertiary alicyclic amines) is 1. The number of imidazole rings is 1. The molecule has 6 heteroatoms. The lowest BCUT2D eigenvalue weighted by atomic mass is 10.1. The van der Waals surface area contributed by atoms with Crippen molar-refractivity contribution in [2.75, 3.05) is 32.1 Å². The fourth-order valence-electron chi connectivity index (χ4n) is 3.74. The summed E-state index contributed by atoms with van der Waals surface area (Å²) in [4.78, 5) is 19.7. The van der Waals surface area contributed by atoms with Gasteiger partial charge in [-0.1, -0.05) is 0 Å². The molecule has 1 aromatic heterocycles. The van der Waals surface area contributed by atoms with Gasteiger partial charge in [0.15, 0.2) is 0 Å². The highest BCUT2D eigenvalue weighted by Gasteiger charge is 2.13. The zero-order valence-corrected chi connectivity index (χ0v) is 16.4. The Kier molecular flexibility index (Phi) is 5.30. The first-order valence-corrected chi connectivity index (χ1v) is 9.77. The highest BCUT2D eigenvalue weighted by molar-refractivity contribution is 6.06. The lowest BCUT2D eigenvalue weighted by Crippen LogP contribution is -2.23. The Balaban J connectivity index is 1.47. The van der Waals surface area contributed by atoms with E-state index in [9.17, 15) is 4.79 Å². The normalized spacial score (nSPS) is 14.5. The molecular weight excluding hydrogens is 352 g/mol. The van der Waals surface area contributed by atoms with Crippen molar-refractivity contribution in [3.8, 4) is 5.75 Å². The third-order valence-corrected chi connectivity index (χ3v) is 5.42. The van der Waals surface area contributed by atoms with Crippen LogP contribution in [0.5, 0.6) is 5.75 Å². The van der Waals surface area contributed by atoms with Crippen molar-refractivity contribution in [3.05, 3.63) is 53.9 Å². The molecule has 0 aliphatic carbocycles. The first-order chi connectivity index (χ1) is 13.6. The SMILES string of the molecule is COc1ccc(NC(=O)c2ccc3c(c2)ncn3CCN2CCCC2)c(C)c1. The summed E-state index contributed by atoms with van der Waals surface area (Å²) in [6.45, 7) is 6.31. The van der Waals surface area contributed by atoms with E-state index in [1.54, 1.807) is 7.11 Å². The van der Waals surface area contributed by atoms with Crippen LogP contribution in [-0.2, 0) is 6.54 Å². The van der Waals surface area contributed by atoms with Crippen LogP contribution in [-0.4, -0.2) is 47.1 Å². The van der Waals surface area contributed by atoms with Gasteiger partial charge >= 0.3 is 0 Å². The first-order valence-electron chi connectivity index (χ1n) is 9.77. The van der Waals surface area contributed by atoms with Crippen LogP contribution in [0.4, 0.5) is 5.69 Å². The number of carbonyl (C=O) groups excluding carboxylic acids is 1. The molecule has 0 atom stereocenters. The average molecular weight is 378 g/mol. The summed E-state index contributed by atoms with van der Waals surface area (Å²) in [6.07, 6.45) is 4.48. The lowest BCUT2D eigenvalue weighted by molar-refractivity contribution is 0.102. The monoisotopic (exact) mass is 378 g/mol. The summed E-state index contributed by atoms with van der Waals surface area (Å²) in [5.74, 6) is 0.637. The number of aryl methyl sites for hydroxylation is 1. The quantitative estimate of drug-likeness (QED) is 0.710. The minimum absolute atomic E-state index is 0.137. The number of anilines is 1. The molecule has 1 amide bonds. The Hall–Kier alpha value is -2.86. The van der Waals surface area contributed by atoms with Crippen LogP contribution in [0, 0.1) is 6.92 Å². The van der Waals surface area contributed by atoms with Crippen molar-refractivity contribution in [2.24, 2.45) is 0 Å². The van der Waals surface area contributed by atoms with E-state index in [1.165, 1.54) is 25.9 Å². The molecule has 2 aromatic carbocycles. The van der Waals surface area contributed by atoms with Crippen molar-refractivity contribution in [3.63, 3.8) is 0 Å². The van der Waals surface area contributed by atoms with Gasteiger partial charge < -0.3 is 19.5 Å². The number of hydrogen-bond donors (Lipinski definition) is 1.